The van der Waals surface area contributed by atoms with Gasteiger partial charge in [0, 0.05) is 36.0 Å². The highest BCUT2D eigenvalue weighted by atomic mass is 16.6. The van der Waals surface area contributed by atoms with Crippen LogP contribution < -0.4 is 9.64 Å². The Morgan fingerprint density at radius 3 is 2.66 bits per heavy atom. The number of carbonyl (C=O) groups is 1. The van der Waals surface area contributed by atoms with Gasteiger partial charge in [0.2, 0.25) is 0 Å². The Bertz CT molecular complexity index is 1290. The lowest BCUT2D eigenvalue weighted by molar-refractivity contribution is 0.0221. The topological polar surface area (TPSA) is 38.8 Å². The molecule has 1 spiro atoms. The molecular weight excluding hydrogens is 398 g/mol. The number of benzene rings is 3. The molecule has 32 heavy (non-hydrogen) atoms. The Morgan fingerprint density at radius 2 is 1.81 bits per heavy atom. The van der Waals surface area contributed by atoms with Crippen LogP contribution in [0.5, 0.6) is 11.5 Å². The van der Waals surface area contributed by atoms with Crippen molar-refractivity contribution >= 4 is 17.7 Å². The van der Waals surface area contributed by atoms with Crippen LogP contribution in [-0.2, 0) is 16.8 Å². The number of nitrogens with zero attached hydrogens (tertiary/aromatic N) is 1. The van der Waals surface area contributed by atoms with Crippen LogP contribution in [0.4, 0.5) is 5.69 Å². The van der Waals surface area contributed by atoms with E-state index in [0.717, 1.165) is 59.8 Å². The van der Waals surface area contributed by atoms with Crippen molar-refractivity contribution in [2.24, 2.45) is 0 Å². The minimum Gasteiger partial charge on any atom is -0.456 e. The molecule has 0 saturated carbocycles. The SMILES string of the molecule is CCN(CC)c1ccc2c(c1)Oc1ccc3c(c1C21OC(=O)c2ccccc21)CCC=C3. The molecule has 3 aromatic carbocycles. The molecule has 0 radical (unpaired) electrons. The van der Waals surface area contributed by atoms with Crippen molar-refractivity contribution in [1.82, 2.24) is 0 Å². The standard InChI is InChI=1S/C28H25NO3/c1-3-29(4-2)19-14-15-23-25(17-19)31-24-16-13-18-9-5-6-10-20(18)26(24)28(23)22-12-8-7-11-21(22)27(30)32-28/h5,7-9,11-17H,3-4,6,10H2,1-2H3. The fraction of sp³-hybridized carbons (Fsp3) is 0.250. The number of rotatable bonds is 3. The van der Waals surface area contributed by atoms with Crippen molar-refractivity contribution in [3.63, 3.8) is 0 Å². The van der Waals surface area contributed by atoms with Gasteiger partial charge in [-0.2, -0.15) is 0 Å². The third-order valence-electron chi connectivity index (χ3n) is 6.99. The second-order valence-corrected chi connectivity index (χ2v) is 8.52. The summed E-state index contributed by atoms with van der Waals surface area (Å²) in [5, 5.41) is 0. The van der Waals surface area contributed by atoms with Gasteiger partial charge in [-0.1, -0.05) is 36.4 Å². The lowest BCUT2D eigenvalue weighted by Gasteiger charge is -2.39. The van der Waals surface area contributed by atoms with Crippen molar-refractivity contribution in [2.45, 2.75) is 32.3 Å². The summed E-state index contributed by atoms with van der Waals surface area (Å²) in [7, 11) is 0. The first-order valence-corrected chi connectivity index (χ1v) is 11.4. The van der Waals surface area contributed by atoms with E-state index in [0.29, 0.717) is 5.56 Å². The zero-order chi connectivity index (χ0) is 21.9. The van der Waals surface area contributed by atoms with Crippen molar-refractivity contribution in [1.29, 1.82) is 0 Å². The fourth-order valence-corrected chi connectivity index (χ4v) is 5.50. The van der Waals surface area contributed by atoms with Crippen molar-refractivity contribution in [3.8, 4) is 11.5 Å². The van der Waals surface area contributed by atoms with Gasteiger partial charge in [0.05, 0.1) is 11.1 Å². The fourth-order valence-electron chi connectivity index (χ4n) is 5.50. The normalized spacial score (nSPS) is 19.5. The van der Waals surface area contributed by atoms with Crippen LogP contribution in [0.1, 0.15) is 58.4 Å². The van der Waals surface area contributed by atoms with Gasteiger partial charge >= 0.3 is 5.97 Å². The maximum absolute atomic E-state index is 13.1. The summed E-state index contributed by atoms with van der Waals surface area (Å²) in [5.74, 6) is 1.24. The number of esters is 1. The second-order valence-electron chi connectivity index (χ2n) is 8.52. The molecule has 0 bridgehead atoms. The highest BCUT2D eigenvalue weighted by molar-refractivity contribution is 5.97. The van der Waals surface area contributed by atoms with Crippen molar-refractivity contribution in [3.05, 3.63) is 94.1 Å². The number of hydrogen-bond acceptors (Lipinski definition) is 4. The van der Waals surface area contributed by atoms with E-state index in [1.54, 1.807) is 0 Å². The lowest BCUT2D eigenvalue weighted by Crippen LogP contribution is -2.35. The summed E-state index contributed by atoms with van der Waals surface area (Å²) in [6.45, 7) is 6.12. The van der Waals surface area contributed by atoms with Crippen LogP contribution in [-0.4, -0.2) is 19.1 Å². The Morgan fingerprint density at radius 1 is 0.969 bits per heavy atom. The molecule has 4 heteroatoms. The van der Waals surface area contributed by atoms with Crippen LogP contribution in [0.2, 0.25) is 0 Å². The molecule has 3 aromatic rings. The number of ether oxygens (including phenoxy) is 2. The number of anilines is 1. The average molecular weight is 424 g/mol. The van der Waals surface area contributed by atoms with Gasteiger partial charge in [0.25, 0.3) is 0 Å². The molecule has 0 amide bonds. The van der Waals surface area contributed by atoms with Crippen molar-refractivity contribution < 1.29 is 14.3 Å². The molecule has 1 aliphatic carbocycles. The molecule has 2 heterocycles. The summed E-state index contributed by atoms with van der Waals surface area (Å²) in [4.78, 5) is 15.4. The third-order valence-corrected chi connectivity index (χ3v) is 6.99. The van der Waals surface area contributed by atoms with Crippen LogP contribution in [0.15, 0.2) is 60.7 Å². The zero-order valence-electron chi connectivity index (χ0n) is 18.4. The first-order chi connectivity index (χ1) is 15.7. The van der Waals surface area contributed by atoms with Gasteiger partial charge in [-0.25, -0.2) is 4.79 Å². The summed E-state index contributed by atoms with van der Waals surface area (Å²) in [6.07, 6.45) is 6.22. The summed E-state index contributed by atoms with van der Waals surface area (Å²) >= 11 is 0. The van der Waals surface area contributed by atoms with E-state index < -0.39 is 5.60 Å². The molecule has 0 N–H and O–H groups in total. The summed E-state index contributed by atoms with van der Waals surface area (Å²) in [5.41, 5.74) is 5.87. The number of hydrogen-bond donors (Lipinski definition) is 0. The minimum absolute atomic E-state index is 0.281. The van der Waals surface area contributed by atoms with Crippen LogP contribution in [0, 0.1) is 0 Å². The molecule has 1 unspecified atom stereocenters. The maximum atomic E-state index is 13.1. The quantitative estimate of drug-likeness (QED) is 0.480. The molecule has 6 rings (SSSR count). The third kappa shape index (κ3) is 2.46. The van der Waals surface area contributed by atoms with E-state index in [-0.39, 0.29) is 5.97 Å². The Hall–Kier alpha value is -3.53. The average Bonchev–Trinajstić information content (AvgIpc) is 3.12. The molecule has 3 aliphatic rings. The van der Waals surface area contributed by atoms with E-state index in [9.17, 15) is 4.79 Å². The Labute approximate surface area is 188 Å². The molecule has 1 atom stereocenters. The van der Waals surface area contributed by atoms with Gasteiger partial charge in [0.15, 0.2) is 5.60 Å². The predicted molar refractivity (Wildman–Crippen MR) is 126 cm³/mol. The maximum Gasteiger partial charge on any atom is 0.340 e. The predicted octanol–water partition coefficient (Wildman–Crippen LogP) is 6.06. The molecule has 2 aliphatic heterocycles. The number of carbonyl (C=O) groups excluding carboxylic acids is 1. The number of allylic oxidation sites excluding steroid dienone is 1. The van der Waals surface area contributed by atoms with E-state index in [1.807, 2.05) is 30.3 Å². The minimum atomic E-state index is -0.991. The largest absolute Gasteiger partial charge is 0.456 e. The van der Waals surface area contributed by atoms with E-state index in [4.69, 9.17) is 9.47 Å². The first kappa shape index (κ1) is 19.2. The van der Waals surface area contributed by atoms with E-state index in [2.05, 4.69) is 55.2 Å². The smallest absolute Gasteiger partial charge is 0.340 e. The van der Waals surface area contributed by atoms with Crippen molar-refractivity contribution in [2.75, 3.05) is 18.0 Å². The van der Waals surface area contributed by atoms with Gasteiger partial charge in [-0.3, -0.25) is 0 Å². The van der Waals surface area contributed by atoms with Crippen LogP contribution >= 0.6 is 0 Å². The highest BCUT2D eigenvalue weighted by Gasteiger charge is 2.54. The highest BCUT2D eigenvalue weighted by Crippen LogP contribution is 2.58. The van der Waals surface area contributed by atoms with Crippen LogP contribution in [0.25, 0.3) is 6.08 Å². The van der Waals surface area contributed by atoms with Crippen LogP contribution in [0.3, 0.4) is 0 Å². The molecule has 0 aromatic heterocycles. The van der Waals surface area contributed by atoms with Gasteiger partial charge in [-0.05, 0) is 62.1 Å². The first-order valence-electron chi connectivity index (χ1n) is 11.4. The number of fused-ring (bicyclic) bond motifs is 8. The van der Waals surface area contributed by atoms with E-state index in [1.165, 1.54) is 11.1 Å². The Balaban J connectivity index is 1.68. The molecular formula is C28H25NO3. The zero-order valence-corrected chi connectivity index (χ0v) is 18.4. The monoisotopic (exact) mass is 423 g/mol. The summed E-state index contributed by atoms with van der Waals surface area (Å²) < 4.78 is 12.9. The molecule has 160 valence electrons. The van der Waals surface area contributed by atoms with Gasteiger partial charge in [0.1, 0.15) is 11.5 Å². The lowest BCUT2D eigenvalue weighted by atomic mass is 9.73. The van der Waals surface area contributed by atoms with E-state index >= 15 is 0 Å². The summed E-state index contributed by atoms with van der Waals surface area (Å²) in [6, 6.07) is 18.2. The molecule has 4 nitrogen and oxygen atoms in total. The molecule has 0 saturated heterocycles. The second kappa shape index (κ2) is 6.99. The van der Waals surface area contributed by atoms with Gasteiger partial charge in [-0.15, -0.1) is 0 Å². The molecule has 0 fully saturated rings. The Kier molecular flexibility index (Phi) is 4.19. The van der Waals surface area contributed by atoms with Gasteiger partial charge < -0.3 is 14.4 Å².